The Balaban J connectivity index is 2.68. The van der Waals surface area contributed by atoms with Gasteiger partial charge in [0, 0.05) is 0 Å². The number of halogens is 1. The number of hydrogen-bond donors (Lipinski definition) is 1. The van der Waals surface area contributed by atoms with Crippen LogP contribution in [0.2, 0.25) is 12.6 Å². The minimum absolute atomic E-state index is 0.765. The zero-order chi connectivity index (χ0) is 5.70. The third kappa shape index (κ3) is 6.86. The van der Waals surface area contributed by atoms with Crippen molar-refractivity contribution in [3.63, 3.8) is 0 Å². The van der Waals surface area contributed by atoms with Crippen molar-refractivity contribution in [1.82, 2.24) is 0 Å². The molecule has 0 spiro atoms. The predicted octanol–water partition coefficient (Wildman–Crippen LogP) is 1.90. The van der Waals surface area contributed by atoms with Gasteiger partial charge in [-0.05, 0) is 18.2 Å². The Morgan fingerprint density at radius 2 is 2.29 bits per heavy atom. The van der Waals surface area contributed by atoms with Gasteiger partial charge in [0.15, 0.2) is 0 Å². The van der Waals surface area contributed by atoms with E-state index in [0.717, 1.165) is 5.75 Å². The Kier molecular flexibility index (Phi) is 5.62. The van der Waals surface area contributed by atoms with Crippen LogP contribution in [0.3, 0.4) is 0 Å². The van der Waals surface area contributed by atoms with Crippen LogP contribution in [-0.4, -0.2) is 13.9 Å². The van der Waals surface area contributed by atoms with Gasteiger partial charge in [0.2, 0.25) is 0 Å². The first-order valence-corrected chi connectivity index (χ1v) is 6.87. The smallest absolute Gasteiger partial charge is 0.138 e. The quantitative estimate of drug-likeness (QED) is 0.359. The molecule has 0 bridgehead atoms. The van der Waals surface area contributed by atoms with Crippen molar-refractivity contribution in [3.05, 3.63) is 0 Å². The molecule has 0 fully saturated rings. The largest absolute Gasteiger partial charge is 0.179 e. The SMILES string of the molecule is C[SiH](Cl)CCCS. The van der Waals surface area contributed by atoms with Crippen molar-refractivity contribution >= 4 is 31.8 Å². The van der Waals surface area contributed by atoms with Crippen LogP contribution in [0, 0.1) is 0 Å². The van der Waals surface area contributed by atoms with Crippen molar-refractivity contribution in [3.8, 4) is 0 Å². The van der Waals surface area contributed by atoms with Gasteiger partial charge in [0.1, 0.15) is 8.11 Å². The van der Waals surface area contributed by atoms with Crippen LogP contribution in [0.1, 0.15) is 6.42 Å². The summed E-state index contributed by atoms with van der Waals surface area (Å²) in [5, 5.41) is 0. The molecule has 44 valence electrons. The molecule has 1 atom stereocenters. The summed E-state index contributed by atoms with van der Waals surface area (Å²) in [6, 6.07) is 1.23. The summed E-state index contributed by atoms with van der Waals surface area (Å²) >= 11 is 9.82. The van der Waals surface area contributed by atoms with Crippen molar-refractivity contribution in [1.29, 1.82) is 0 Å². The van der Waals surface area contributed by atoms with Gasteiger partial charge >= 0.3 is 0 Å². The summed E-state index contributed by atoms with van der Waals surface area (Å²) in [6.07, 6.45) is 1.19. The third-order valence-electron chi connectivity index (χ3n) is 0.760. The third-order valence-corrected chi connectivity index (χ3v) is 2.93. The minimum atomic E-state index is -0.765. The van der Waals surface area contributed by atoms with E-state index in [2.05, 4.69) is 19.2 Å². The van der Waals surface area contributed by atoms with E-state index in [1.54, 1.807) is 0 Å². The molecule has 0 aromatic rings. The number of thiol groups is 1. The van der Waals surface area contributed by atoms with E-state index in [-0.39, 0.29) is 0 Å². The van der Waals surface area contributed by atoms with Crippen LogP contribution in [0.15, 0.2) is 0 Å². The second kappa shape index (κ2) is 5.00. The predicted molar refractivity (Wildman–Crippen MR) is 42.1 cm³/mol. The zero-order valence-corrected chi connectivity index (χ0v) is 7.33. The van der Waals surface area contributed by atoms with Crippen molar-refractivity contribution in [2.45, 2.75) is 19.0 Å². The molecule has 0 aliphatic carbocycles. The summed E-state index contributed by atoms with van der Waals surface area (Å²) in [4.78, 5) is 0. The van der Waals surface area contributed by atoms with Crippen molar-refractivity contribution in [2.75, 3.05) is 5.75 Å². The lowest BCUT2D eigenvalue weighted by Crippen LogP contribution is -1.94. The molecule has 0 N–H and O–H groups in total. The molecule has 0 aliphatic heterocycles. The Morgan fingerprint density at radius 3 is 2.43 bits per heavy atom. The maximum Gasteiger partial charge on any atom is 0.138 e. The summed E-state index contributed by atoms with van der Waals surface area (Å²) < 4.78 is 0. The molecule has 0 aromatic carbocycles. The molecule has 0 rings (SSSR count). The van der Waals surface area contributed by atoms with Crippen LogP contribution in [0.5, 0.6) is 0 Å². The fourth-order valence-corrected chi connectivity index (χ4v) is 2.13. The van der Waals surface area contributed by atoms with Crippen LogP contribution in [0.4, 0.5) is 0 Å². The number of hydrogen-bond acceptors (Lipinski definition) is 1. The van der Waals surface area contributed by atoms with Gasteiger partial charge in [-0.25, -0.2) is 0 Å². The Morgan fingerprint density at radius 1 is 1.71 bits per heavy atom. The molecule has 0 amide bonds. The summed E-state index contributed by atoms with van der Waals surface area (Å²) in [5.74, 6) is 0.990. The average molecular weight is 155 g/mol. The lowest BCUT2D eigenvalue weighted by molar-refractivity contribution is 1.09. The molecule has 0 heterocycles. The van der Waals surface area contributed by atoms with E-state index in [1.807, 2.05) is 0 Å². The van der Waals surface area contributed by atoms with Gasteiger partial charge in [0.05, 0.1) is 0 Å². The Labute approximate surface area is 57.0 Å². The normalized spacial score (nSPS) is 14.1. The van der Waals surface area contributed by atoms with Crippen LogP contribution < -0.4 is 0 Å². The monoisotopic (exact) mass is 154 g/mol. The zero-order valence-electron chi connectivity index (χ0n) is 4.52. The van der Waals surface area contributed by atoms with Crippen molar-refractivity contribution < 1.29 is 0 Å². The summed E-state index contributed by atoms with van der Waals surface area (Å²) in [7, 11) is -0.765. The molecule has 0 aliphatic rings. The first-order chi connectivity index (χ1) is 3.27. The molecule has 0 saturated heterocycles. The van der Waals surface area contributed by atoms with Crippen LogP contribution in [0.25, 0.3) is 0 Å². The average Bonchev–Trinajstić information content (AvgIpc) is 1.61. The van der Waals surface area contributed by atoms with Gasteiger partial charge in [-0.3, -0.25) is 0 Å². The van der Waals surface area contributed by atoms with Gasteiger partial charge in [0.25, 0.3) is 0 Å². The maximum atomic E-state index is 5.76. The van der Waals surface area contributed by atoms with Gasteiger partial charge in [-0.15, -0.1) is 0 Å². The van der Waals surface area contributed by atoms with E-state index >= 15 is 0 Å². The second-order valence-electron chi connectivity index (χ2n) is 1.65. The molecule has 0 radical (unpaired) electrons. The van der Waals surface area contributed by atoms with E-state index < -0.39 is 8.11 Å². The van der Waals surface area contributed by atoms with Gasteiger partial charge < -0.3 is 0 Å². The minimum Gasteiger partial charge on any atom is -0.179 e. The van der Waals surface area contributed by atoms with Gasteiger partial charge in [-0.1, -0.05) is 6.55 Å². The molecular weight excluding hydrogens is 144 g/mol. The highest BCUT2D eigenvalue weighted by Crippen LogP contribution is 2.01. The van der Waals surface area contributed by atoms with E-state index in [4.69, 9.17) is 11.1 Å². The molecular formula is C4H11ClSSi. The molecule has 0 aromatic heterocycles. The lowest BCUT2D eigenvalue weighted by atomic mass is 10.6. The topological polar surface area (TPSA) is 0 Å². The van der Waals surface area contributed by atoms with E-state index in [0.29, 0.717) is 0 Å². The molecule has 1 unspecified atom stereocenters. The lowest BCUT2D eigenvalue weighted by Gasteiger charge is -1.94. The highest BCUT2D eigenvalue weighted by Gasteiger charge is 1.94. The van der Waals surface area contributed by atoms with Crippen molar-refractivity contribution in [2.24, 2.45) is 0 Å². The maximum absolute atomic E-state index is 5.76. The highest BCUT2D eigenvalue weighted by molar-refractivity contribution is 7.80. The first kappa shape index (κ1) is 7.86. The molecule has 0 saturated carbocycles. The van der Waals surface area contributed by atoms with Crippen LogP contribution >= 0.6 is 23.7 Å². The Hall–Kier alpha value is 0.857. The molecule has 0 nitrogen and oxygen atoms in total. The Bertz CT molecular complexity index is 40.7. The first-order valence-electron chi connectivity index (χ1n) is 2.52. The fourth-order valence-electron chi connectivity index (χ4n) is 0.373. The molecule has 3 heteroatoms. The summed E-state index contributed by atoms with van der Waals surface area (Å²) in [5.41, 5.74) is 0. The van der Waals surface area contributed by atoms with Gasteiger partial charge in [-0.2, -0.15) is 23.7 Å². The van der Waals surface area contributed by atoms with Crippen LogP contribution in [-0.2, 0) is 0 Å². The standard InChI is InChI=1S/C4H11ClSSi/c1-7(5)4-2-3-6/h6-7H,2-4H2,1H3. The van der Waals surface area contributed by atoms with E-state index in [1.165, 1.54) is 12.5 Å². The fraction of sp³-hybridized carbons (Fsp3) is 1.00. The number of rotatable bonds is 3. The van der Waals surface area contributed by atoms with E-state index in [9.17, 15) is 0 Å². The highest BCUT2D eigenvalue weighted by atomic mass is 35.6. The summed E-state index contributed by atoms with van der Waals surface area (Å²) in [6.45, 7) is 2.14. The molecule has 7 heavy (non-hydrogen) atoms. The second-order valence-corrected chi connectivity index (χ2v) is 6.47.